The molecule has 1 atom stereocenters. The second-order valence-corrected chi connectivity index (χ2v) is 12.1. The first-order valence-corrected chi connectivity index (χ1v) is 15.6. The number of fused-ring (bicyclic) bond motifs is 2. The molecule has 0 unspecified atom stereocenters. The van der Waals surface area contributed by atoms with E-state index in [0.717, 1.165) is 75.0 Å². The van der Waals surface area contributed by atoms with Crippen LogP contribution in [0.5, 0.6) is 0 Å². The van der Waals surface area contributed by atoms with Gasteiger partial charge in [0.2, 0.25) is 0 Å². The van der Waals surface area contributed by atoms with Gasteiger partial charge in [-0.15, -0.1) is 0 Å². The first-order valence-electron chi connectivity index (χ1n) is 15.6. The maximum Gasteiger partial charge on any atom is 0.278 e. The Bertz CT molecular complexity index is 2150. The molecule has 1 aliphatic rings. The number of rotatable bonds is 8. The number of pyridine rings is 3. The van der Waals surface area contributed by atoms with E-state index in [2.05, 4.69) is 53.3 Å². The summed E-state index contributed by atoms with van der Waals surface area (Å²) in [7, 11) is 1.92. The number of anilines is 2. The molecule has 10 heteroatoms. The van der Waals surface area contributed by atoms with E-state index in [1.807, 2.05) is 48.1 Å². The van der Waals surface area contributed by atoms with Crippen molar-refractivity contribution in [1.82, 2.24) is 29.0 Å². The van der Waals surface area contributed by atoms with Crippen LogP contribution in [0, 0.1) is 13.8 Å². The van der Waals surface area contributed by atoms with Crippen molar-refractivity contribution in [2.45, 2.75) is 39.5 Å². The van der Waals surface area contributed by atoms with Gasteiger partial charge in [-0.1, -0.05) is 30.3 Å². The minimum Gasteiger partial charge on any atom is -0.395 e. The predicted molar refractivity (Wildman–Crippen MR) is 181 cm³/mol. The van der Waals surface area contributed by atoms with Crippen molar-refractivity contribution >= 4 is 33.4 Å². The van der Waals surface area contributed by atoms with Gasteiger partial charge in [0.25, 0.3) is 5.56 Å². The summed E-state index contributed by atoms with van der Waals surface area (Å²) in [5.74, 6) is 1.41. The number of hydrogen-bond acceptors (Lipinski definition) is 8. The van der Waals surface area contributed by atoms with Gasteiger partial charge >= 0.3 is 0 Å². The lowest BCUT2D eigenvalue weighted by atomic mass is 9.92. The van der Waals surface area contributed by atoms with Crippen LogP contribution in [-0.4, -0.2) is 65.0 Å². The number of hydrogen-bond donors (Lipinski definition) is 3. The Hall–Kier alpha value is -4.90. The van der Waals surface area contributed by atoms with Gasteiger partial charge in [0.15, 0.2) is 11.3 Å². The van der Waals surface area contributed by atoms with Crippen LogP contribution < -0.4 is 10.9 Å². The number of nitrogens with one attached hydrogen (secondary N) is 1. The van der Waals surface area contributed by atoms with E-state index >= 15 is 0 Å². The first-order chi connectivity index (χ1) is 22.3. The number of nitrogens with zero attached hydrogens (tertiary/aromatic N) is 6. The van der Waals surface area contributed by atoms with Crippen LogP contribution in [0.25, 0.3) is 44.5 Å². The maximum atomic E-state index is 13.0. The van der Waals surface area contributed by atoms with Crippen molar-refractivity contribution < 1.29 is 10.2 Å². The summed E-state index contributed by atoms with van der Waals surface area (Å²) in [4.78, 5) is 29.5. The van der Waals surface area contributed by atoms with E-state index < -0.39 is 0 Å². The van der Waals surface area contributed by atoms with Crippen LogP contribution >= 0.6 is 0 Å². The highest BCUT2D eigenvalue weighted by atomic mass is 16.3. The normalized spacial score (nSPS) is 15.3. The summed E-state index contributed by atoms with van der Waals surface area (Å²) in [6, 6.07) is 18.4. The zero-order valence-corrected chi connectivity index (χ0v) is 26.2. The summed E-state index contributed by atoms with van der Waals surface area (Å²) in [5.41, 5.74) is 9.00. The van der Waals surface area contributed by atoms with Crippen molar-refractivity contribution in [2.75, 3.05) is 25.0 Å². The Labute approximate surface area is 266 Å². The van der Waals surface area contributed by atoms with Crippen molar-refractivity contribution in [2.24, 2.45) is 7.05 Å². The molecular formula is C36H37N7O3. The largest absolute Gasteiger partial charge is 0.395 e. The molecule has 1 fully saturated rings. The Morgan fingerprint density at radius 2 is 1.76 bits per heavy atom. The van der Waals surface area contributed by atoms with Crippen molar-refractivity contribution in [3.05, 3.63) is 100 Å². The molecule has 1 aliphatic heterocycles. The quantitative estimate of drug-likeness (QED) is 0.220. The van der Waals surface area contributed by atoms with Gasteiger partial charge in [0, 0.05) is 68.5 Å². The lowest BCUT2D eigenvalue weighted by Gasteiger charge is -2.17. The molecule has 2 aromatic carbocycles. The molecule has 3 N–H and O–H groups in total. The highest BCUT2D eigenvalue weighted by molar-refractivity contribution is 5.91. The number of aryl methyl sites for hydroxylation is 1. The first kappa shape index (κ1) is 29.8. The zero-order valence-electron chi connectivity index (χ0n) is 26.2. The molecule has 0 bridgehead atoms. The van der Waals surface area contributed by atoms with E-state index in [0.29, 0.717) is 23.7 Å². The molecule has 7 rings (SSSR count). The highest BCUT2D eigenvalue weighted by Crippen LogP contribution is 2.37. The van der Waals surface area contributed by atoms with Crippen LogP contribution in [0.4, 0.5) is 11.5 Å². The third-order valence-electron chi connectivity index (χ3n) is 9.12. The fourth-order valence-electron chi connectivity index (χ4n) is 6.61. The molecule has 0 radical (unpaired) electrons. The van der Waals surface area contributed by atoms with Crippen LogP contribution in [0.3, 0.4) is 0 Å². The summed E-state index contributed by atoms with van der Waals surface area (Å²) >= 11 is 0. The second kappa shape index (κ2) is 12.1. The topological polar surface area (TPSA) is 121 Å². The number of aromatic nitrogens is 5. The number of aliphatic hydroxyl groups is 2. The number of β-amino-alcohol motifs (C(OH)–C–C–N with tert-alkyl or cyclic N) is 1. The van der Waals surface area contributed by atoms with Crippen LogP contribution in [0.2, 0.25) is 0 Å². The molecule has 46 heavy (non-hydrogen) atoms. The Morgan fingerprint density at radius 1 is 0.978 bits per heavy atom. The fraction of sp³-hybridized carbons (Fsp3) is 0.278. The van der Waals surface area contributed by atoms with Gasteiger partial charge in [-0.3, -0.25) is 14.7 Å². The van der Waals surface area contributed by atoms with Crippen LogP contribution in [0.1, 0.15) is 23.1 Å². The van der Waals surface area contributed by atoms with Crippen LogP contribution in [0.15, 0.2) is 78.0 Å². The summed E-state index contributed by atoms with van der Waals surface area (Å²) in [6.07, 6.45) is 5.98. The van der Waals surface area contributed by atoms with E-state index in [-0.39, 0.29) is 24.8 Å². The SMILES string of the molecule is Cc1c(Nc2nccc3cc(CN4CC[C@@H](O)C4)cnc23)cccc1-c1cccc(-c2nc3c(=O)n(CCO)ccc3n2C)c1C. The maximum absolute atomic E-state index is 13.0. The average Bonchev–Trinajstić information content (AvgIpc) is 3.62. The molecule has 0 spiro atoms. The molecule has 0 saturated carbocycles. The Kier molecular flexibility index (Phi) is 7.85. The monoisotopic (exact) mass is 615 g/mol. The fourth-order valence-corrected chi connectivity index (χ4v) is 6.61. The number of imidazole rings is 1. The third kappa shape index (κ3) is 5.34. The van der Waals surface area contributed by atoms with Crippen molar-refractivity contribution in [1.29, 1.82) is 0 Å². The molecule has 0 aliphatic carbocycles. The minimum atomic E-state index is -0.244. The van der Waals surface area contributed by atoms with E-state index in [4.69, 9.17) is 9.97 Å². The van der Waals surface area contributed by atoms with Gasteiger partial charge in [0.05, 0.1) is 18.2 Å². The summed E-state index contributed by atoms with van der Waals surface area (Å²) in [5, 5.41) is 23.8. The van der Waals surface area contributed by atoms with Crippen molar-refractivity contribution in [3.8, 4) is 22.5 Å². The van der Waals surface area contributed by atoms with Gasteiger partial charge in [0.1, 0.15) is 11.3 Å². The Morgan fingerprint density at radius 3 is 2.54 bits per heavy atom. The molecule has 4 aromatic heterocycles. The molecule has 6 aromatic rings. The molecular weight excluding hydrogens is 578 g/mol. The lowest BCUT2D eigenvalue weighted by molar-refractivity contribution is 0.175. The zero-order chi connectivity index (χ0) is 31.9. The van der Waals surface area contributed by atoms with Crippen LogP contribution in [-0.2, 0) is 20.1 Å². The molecule has 234 valence electrons. The number of benzene rings is 2. The van der Waals surface area contributed by atoms with Gasteiger partial charge in [-0.05, 0) is 72.4 Å². The van der Waals surface area contributed by atoms with E-state index in [1.54, 1.807) is 12.4 Å². The van der Waals surface area contributed by atoms with Gasteiger partial charge < -0.3 is 24.7 Å². The molecule has 1 saturated heterocycles. The average molecular weight is 616 g/mol. The molecule has 10 nitrogen and oxygen atoms in total. The summed E-state index contributed by atoms with van der Waals surface area (Å²) in [6.45, 7) is 6.66. The molecule has 5 heterocycles. The smallest absolute Gasteiger partial charge is 0.278 e. The lowest BCUT2D eigenvalue weighted by Crippen LogP contribution is -2.21. The third-order valence-corrected chi connectivity index (χ3v) is 9.12. The van der Waals surface area contributed by atoms with Gasteiger partial charge in [-0.2, -0.15) is 0 Å². The molecule has 0 amide bonds. The van der Waals surface area contributed by atoms with Crippen molar-refractivity contribution in [3.63, 3.8) is 0 Å². The minimum absolute atomic E-state index is 0.112. The second-order valence-electron chi connectivity index (χ2n) is 12.1. The van der Waals surface area contributed by atoms with Gasteiger partial charge in [-0.25, -0.2) is 9.97 Å². The summed E-state index contributed by atoms with van der Waals surface area (Å²) < 4.78 is 3.44. The predicted octanol–water partition coefficient (Wildman–Crippen LogP) is 4.93. The standard InChI is InChI=1S/C36H37N7O3/c1-22-27(6-4-8-29(22)35-40-33-31(41(35)3)12-15-43(16-17-44)36(33)46)28-7-5-9-30(23(28)2)39-34-32-25(10-13-37-34)18-24(19-38-32)20-42-14-11-26(45)21-42/h4-10,12-13,15,18-19,26,44-45H,11,14,16-17,20-21H2,1-3H3,(H,37,39)/t26-/m1/s1. The van der Waals surface area contributed by atoms with E-state index in [1.165, 1.54) is 4.57 Å². The highest BCUT2D eigenvalue weighted by Gasteiger charge is 2.21. The van der Waals surface area contributed by atoms with E-state index in [9.17, 15) is 15.0 Å². The number of aliphatic hydroxyl groups excluding tert-OH is 2. The Balaban J connectivity index is 1.21. The number of likely N-dealkylation sites (tertiary alicyclic amines) is 1.